The monoisotopic (exact) mass is 345 g/mol. The third kappa shape index (κ3) is 6.02. The molecular formula is C16H18F3NO4. The number of alkyl halides is 3. The number of nitrogens with zero attached hydrogens (tertiary/aromatic N) is 1. The number of aliphatic imine (C=N–C) groups is 1. The van der Waals surface area contributed by atoms with Crippen LogP contribution < -0.4 is 0 Å². The van der Waals surface area contributed by atoms with E-state index in [0.717, 1.165) is 18.2 Å². The number of benzene rings is 1. The second kappa shape index (κ2) is 7.94. The molecule has 1 aromatic rings. The van der Waals surface area contributed by atoms with Crippen LogP contribution >= 0.6 is 0 Å². The minimum atomic E-state index is -4.57. The molecular weight excluding hydrogens is 327 g/mol. The lowest BCUT2D eigenvalue weighted by Crippen LogP contribution is -2.31. The molecule has 0 amide bonds. The van der Waals surface area contributed by atoms with Gasteiger partial charge >= 0.3 is 18.1 Å². The van der Waals surface area contributed by atoms with E-state index >= 15 is 0 Å². The topological polar surface area (TPSA) is 65.0 Å². The molecule has 0 atom stereocenters. The number of hydrogen-bond donors (Lipinski definition) is 0. The lowest BCUT2D eigenvalue weighted by molar-refractivity contribution is -0.144. The summed E-state index contributed by atoms with van der Waals surface area (Å²) in [4.78, 5) is 27.7. The van der Waals surface area contributed by atoms with Gasteiger partial charge in [0, 0.05) is 0 Å². The molecule has 0 saturated carbocycles. The van der Waals surface area contributed by atoms with Crippen LogP contribution in [0.15, 0.2) is 29.3 Å². The highest BCUT2D eigenvalue weighted by molar-refractivity contribution is 6.63. The predicted molar refractivity (Wildman–Crippen MR) is 81.0 cm³/mol. The summed E-state index contributed by atoms with van der Waals surface area (Å²) >= 11 is 0. The Morgan fingerprint density at radius 2 is 1.50 bits per heavy atom. The summed E-state index contributed by atoms with van der Waals surface area (Å²) in [6, 6.07) is 3.95. The van der Waals surface area contributed by atoms with Crippen LogP contribution in [0.1, 0.15) is 33.3 Å². The molecule has 0 aliphatic heterocycles. The molecule has 0 unspecified atom stereocenters. The maximum absolute atomic E-state index is 12.7. The Morgan fingerprint density at radius 3 is 1.92 bits per heavy atom. The predicted octanol–water partition coefficient (Wildman–Crippen LogP) is 3.68. The van der Waals surface area contributed by atoms with Crippen LogP contribution in [0.4, 0.5) is 18.9 Å². The summed E-state index contributed by atoms with van der Waals surface area (Å²) in [5.74, 6) is -2.12. The van der Waals surface area contributed by atoms with Crippen LogP contribution in [0.5, 0.6) is 0 Å². The molecule has 0 saturated heterocycles. The summed E-state index contributed by atoms with van der Waals surface area (Å²) < 4.78 is 48.0. The molecule has 0 aromatic heterocycles. The molecule has 132 valence electrons. The lowest BCUT2D eigenvalue weighted by atomic mass is 10.2. The standard InChI is InChI=1S/C16H18F3NO4/c1-9(2)23-14(21)13(15(22)24-10(3)4)20-12-7-5-6-11(8-12)16(17,18)19/h5-10H,1-4H3. The Bertz CT molecular complexity index is 612. The van der Waals surface area contributed by atoms with E-state index in [0.29, 0.717) is 0 Å². The maximum atomic E-state index is 12.7. The van der Waals surface area contributed by atoms with E-state index in [1.54, 1.807) is 27.7 Å². The Balaban J connectivity index is 3.25. The average molecular weight is 345 g/mol. The van der Waals surface area contributed by atoms with Gasteiger partial charge in [-0.3, -0.25) is 0 Å². The van der Waals surface area contributed by atoms with Crippen molar-refractivity contribution in [2.24, 2.45) is 4.99 Å². The van der Waals surface area contributed by atoms with Gasteiger partial charge in [0.05, 0.1) is 23.5 Å². The minimum Gasteiger partial charge on any atom is -0.458 e. The first-order valence-electron chi connectivity index (χ1n) is 7.18. The number of ether oxygens (including phenoxy) is 2. The van der Waals surface area contributed by atoms with Crippen LogP contribution in [0, 0.1) is 0 Å². The Hall–Kier alpha value is -2.38. The molecule has 0 aliphatic carbocycles. The quantitative estimate of drug-likeness (QED) is 0.464. The first-order chi connectivity index (χ1) is 11.0. The summed E-state index contributed by atoms with van der Waals surface area (Å²) in [5.41, 5.74) is -1.87. The fraction of sp³-hybridized carbons (Fsp3) is 0.438. The van der Waals surface area contributed by atoms with Crippen molar-refractivity contribution in [2.45, 2.75) is 46.1 Å². The smallest absolute Gasteiger partial charge is 0.416 e. The van der Waals surface area contributed by atoms with Crippen molar-refractivity contribution in [1.82, 2.24) is 0 Å². The Labute approximate surface area is 137 Å². The van der Waals surface area contributed by atoms with Crippen molar-refractivity contribution >= 4 is 23.3 Å². The Kier molecular flexibility index (Phi) is 6.51. The largest absolute Gasteiger partial charge is 0.458 e. The van der Waals surface area contributed by atoms with Gasteiger partial charge in [-0.05, 0) is 45.9 Å². The van der Waals surface area contributed by atoms with Gasteiger partial charge in [-0.25, -0.2) is 14.6 Å². The summed E-state index contributed by atoms with van der Waals surface area (Å²) in [5, 5.41) is 0. The van der Waals surface area contributed by atoms with E-state index in [1.165, 1.54) is 6.07 Å². The second-order valence-electron chi connectivity index (χ2n) is 5.42. The number of carbonyl (C=O) groups excluding carboxylic acids is 2. The van der Waals surface area contributed by atoms with E-state index in [4.69, 9.17) is 9.47 Å². The van der Waals surface area contributed by atoms with Gasteiger partial charge in [-0.15, -0.1) is 0 Å². The third-order valence-corrected chi connectivity index (χ3v) is 2.49. The van der Waals surface area contributed by atoms with Crippen LogP contribution in [-0.2, 0) is 25.2 Å². The zero-order chi connectivity index (χ0) is 18.5. The Morgan fingerprint density at radius 1 is 1.00 bits per heavy atom. The molecule has 0 aliphatic rings. The van der Waals surface area contributed by atoms with Crippen molar-refractivity contribution in [3.8, 4) is 0 Å². The van der Waals surface area contributed by atoms with Gasteiger partial charge in [0.1, 0.15) is 0 Å². The lowest BCUT2D eigenvalue weighted by Gasteiger charge is -2.12. The van der Waals surface area contributed by atoms with Gasteiger partial charge in [0.15, 0.2) is 0 Å². The molecule has 0 fully saturated rings. The van der Waals surface area contributed by atoms with E-state index < -0.39 is 41.6 Å². The zero-order valence-corrected chi connectivity index (χ0v) is 13.7. The highest BCUT2D eigenvalue weighted by Gasteiger charge is 2.31. The van der Waals surface area contributed by atoms with Gasteiger partial charge in [0.25, 0.3) is 0 Å². The first kappa shape index (κ1) is 19.7. The molecule has 8 heteroatoms. The third-order valence-electron chi connectivity index (χ3n) is 2.49. The van der Waals surface area contributed by atoms with Gasteiger partial charge in [-0.2, -0.15) is 13.2 Å². The van der Waals surface area contributed by atoms with Crippen LogP contribution in [0.25, 0.3) is 0 Å². The highest BCUT2D eigenvalue weighted by atomic mass is 19.4. The van der Waals surface area contributed by atoms with Crippen LogP contribution in [-0.4, -0.2) is 29.9 Å². The van der Waals surface area contributed by atoms with Gasteiger partial charge in [0.2, 0.25) is 5.71 Å². The van der Waals surface area contributed by atoms with E-state index in [1.807, 2.05) is 0 Å². The fourth-order valence-corrected chi connectivity index (χ4v) is 1.60. The number of hydrogen-bond acceptors (Lipinski definition) is 5. The number of halogens is 3. The maximum Gasteiger partial charge on any atom is 0.416 e. The normalized spacial score (nSPS) is 11.4. The molecule has 5 nitrogen and oxygen atoms in total. The molecule has 24 heavy (non-hydrogen) atoms. The van der Waals surface area contributed by atoms with E-state index in [2.05, 4.69) is 4.99 Å². The summed E-state index contributed by atoms with van der Waals surface area (Å²) in [7, 11) is 0. The molecule has 0 spiro atoms. The molecule has 1 rings (SSSR count). The summed E-state index contributed by atoms with van der Waals surface area (Å²) in [6.07, 6.45) is -5.63. The van der Waals surface area contributed by atoms with Gasteiger partial charge < -0.3 is 9.47 Å². The summed E-state index contributed by atoms with van der Waals surface area (Å²) in [6.45, 7) is 6.25. The van der Waals surface area contributed by atoms with E-state index in [-0.39, 0.29) is 5.69 Å². The highest BCUT2D eigenvalue weighted by Crippen LogP contribution is 2.31. The average Bonchev–Trinajstić information content (AvgIpc) is 2.42. The van der Waals surface area contributed by atoms with Gasteiger partial charge in [-0.1, -0.05) is 6.07 Å². The van der Waals surface area contributed by atoms with Crippen LogP contribution in [0.2, 0.25) is 0 Å². The van der Waals surface area contributed by atoms with Crippen molar-refractivity contribution in [2.75, 3.05) is 0 Å². The molecule has 0 heterocycles. The fourth-order valence-electron chi connectivity index (χ4n) is 1.60. The van der Waals surface area contributed by atoms with Crippen molar-refractivity contribution < 1.29 is 32.2 Å². The second-order valence-corrected chi connectivity index (χ2v) is 5.42. The molecule has 0 bridgehead atoms. The van der Waals surface area contributed by atoms with Crippen molar-refractivity contribution in [1.29, 1.82) is 0 Å². The first-order valence-corrected chi connectivity index (χ1v) is 7.18. The molecule has 1 aromatic carbocycles. The zero-order valence-electron chi connectivity index (χ0n) is 13.7. The minimum absolute atomic E-state index is 0.207. The van der Waals surface area contributed by atoms with Crippen molar-refractivity contribution in [3.63, 3.8) is 0 Å². The van der Waals surface area contributed by atoms with E-state index in [9.17, 15) is 22.8 Å². The SMILES string of the molecule is CC(C)OC(=O)C(=Nc1cccc(C(F)(F)F)c1)C(=O)OC(C)C. The number of rotatable bonds is 5. The van der Waals surface area contributed by atoms with Crippen LogP contribution in [0.3, 0.4) is 0 Å². The molecule has 0 radical (unpaired) electrons. The molecule has 0 N–H and O–H groups in total. The number of esters is 2. The van der Waals surface area contributed by atoms with Crippen molar-refractivity contribution in [3.05, 3.63) is 29.8 Å². The number of carbonyl (C=O) groups is 2.